The summed E-state index contributed by atoms with van der Waals surface area (Å²) < 4.78 is 34.6. The zero-order chi connectivity index (χ0) is 40.5. The molecule has 0 radical (unpaired) electrons. The highest BCUT2D eigenvalue weighted by Gasteiger charge is 2.45. The van der Waals surface area contributed by atoms with E-state index in [-0.39, 0.29) is 58.7 Å². The van der Waals surface area contributed by atoms with Crippen molar-refractivity contribution < 1.29 is 32.5 Å². The van der Waals surface area contributed by atoms with Gasteiger partial charge in [-0.05, 0) is 55.0 Å². The molecule has 19 heteroatoms. The van der Waals surface area contributed by atoms with E-state index in [0.29, 0.717) is 61.4 Å². The number of carbonyl (C=O) groups excluding carboxylic acids is 4. The van der Waals surface area contributed by atoms with Crippen LogP contribution in [0.25, 0.3) is 0 Å². The Balaban J connectivity index is 0.780. The van der Waals surface area contributed by atoms with Gasteiger partial charge in [0.05, 0.1) is 47.1 Å². The number of hydrogen-bond donors (Lipinski definition) is 4. The largest absolute Gasteiger partial charge is 0.373 e. The van der Waals surface area contributed by atoms with Crippen molar-refractivity contribution in [1.82, 2.24) is 25.1 Å². The van der Waals surface area contributed by atoms with E-state index in [1.807, 2.05) is 29.2 Å². The lowest BCUT2D eigenvalue weighted by molar-refractivity contribution is -0.136. The van der Waals surface area contributed by atoms with E-state index in [1.54, 1.807) is 37.4 Å². The van der Waals surface area contributed by atoms with Crippen LogP contribution in [0.4, 0.5) is 44.6 Å². The van der Waals surface area contributed by atoms with Crippen molar-refractivity contribution in [2.75, 3.05) is 84.2 Å². The normalized spacial score (nSPS) is 18.6. The van der Waals surface area contributed by atoms with Crippen LogP contribution < -0.4 is 30.1 Å². The second-order valence-corrected chi connectivity index (χ2v) is 15.5. The van der Waals surface area contributed by atoms with Crippen molar-refractivity contribution >= 4 is 87.3 Å². The van der Waals surface area contributed by atoms with E-state index in [2.05, 4.69) is 35.7 Å². The molecule has 4 aliphatic rings. The molecule has 16 nitrogen and oxygen atoms in total. The zero-order valence-electron chi connectivity index (χ0n) is 31.4. The number of amides is 4. The molecule has 1 aromatic heterocycles. The van der Waals surface area contributed by atoms with Crippen LogP contribution in [-0.2, 0) is 26.2 Å². The van der Waals surface area contributed by atoms with Gasteiger partial charge in [-0.1, -0.05) is 23.7 Å². The number of piperidine rings is 1. The standard InChI is InChI=1S/C39H40ClFN10O6S/c1-47(58-56)32-5-3-2-4-30(32)44-35-28(40)20-42-39(46-35)43-23-6-9-31(29(41)18-23)49-14-12-48(13-15-49)16-17-57-25-21-50(22-25)24-7-8-26-27(19-24)38(55)51(37(26)54)33-10-11-34(52)45-36(33)53/h2-9,18-20,25,33,58H,10-17,21-22H2,1H3,(H,45,52,53)(H2,42,43,44,46). The SMILES string of the molecule is CN([SH]=O)c1ccccc1Nc1nc(Nc2ccc(N3CCN(CCOC4CN(c5ccc6c(c5)C(=O)N(C5CCC(=O)NC5=O)C6=O)C4)CC3)c(F)c2)ncc1Cl. The molecule has 4 aliphatic heterocycles. The number of benzene rings is 3. The number of nitrogens with one attached hydrogen (secondary N) is 3. The third-order valence-electron chi connectivity index (χ3n) is 10.7. The van der Waals surface area contributed by atoms with Gasteiger partial charge in [0.25, 0.3) is 11.8 Å². The first-order valence-electron chi connectivity index (χ1n) is 18.8. The van der Waals surface area contributed by atoms with Gasteiger partial charge in [0, 0.05) is 70.7 Å². The number of para-hydroxylation sites is 2. The Morgan fingerprint density at radius 2 is 1.74 bits per heavy atom. The number of rotatable bonds is 13. The fourth-order valence-corrected chi connectivity index (χ4v) is 7.89. The molecule has 0 bridgehead atoms. The minimum atomic E-state index is -0.999. The molecule has 5 heterocycles. The Bertz CT molecular complexity index is 2290. The van der Waals surface area contributed by atoms with E-state index >= 15 is 4.39 Å². The van der Waals surface area contributed by atoms with Gasteiger partial charge in [0.15, 0.2) is 5.82 Å². The van der Waals surface area contributed by atoms with Gasteiger partial charge in [0.2, 0.25) is 17.8 Å². The maximum Gasteiger partial charge on any atom is 0.262 e. The Kier molecular flexibility index (Phi) is 11.2. The van der Waals surface area contributed by atoms with Crippen LogP contribution >= 0.6 is 11.6 Å². The maximum atomic E-state index is 15.4. The Labute approximate surface area is 341 Å². The first kappa shape index (κ1) is 39.2. The van der Waals surface area contributed by atoms with Crippen LogP contribution in [0.1, 0.15) is 33.6 Å². The zero-order valence-corrected chi connectivity index (χ0v) is 33.0. The minimum absolute atomic E-state index is 0.0160. The molecule has 0 spiro atoms. The molecule has 8 rings (SSSR count). The molecule has 1 atom stereocenters. The monoisotopic (exact) mass is 830 g/mol. The number of halogens is 2. The summed E-state index contributed by atoms with van der Waals surface area (Å²) in [5.74, 6) is -1.93. The minimum Gasteiger partial charge on any atom is -0.373 e. The average Bonchev–Trinajstić information content (AvgIpc) is 3.45. The first-order valence-corrected chi connectivity index (χ1v) is 19.9. The molecule has 0 saturated carbocycles. The maximum absolute atomic E-state index is 15.4. The second-order valence-electron chi connectivity index (χ2n) is 14.3. The van der Waals surface area contributed by atoms with Gasteiger partial charge < -0.3 is 25.2 Å². The molecule has 0 aliphatic carbocycles. The van der Waals surface area contributed by atoms with Crippen LogP contribution in [0.3, 0.4) is 0 Å². The molecule has 3 saturated heterocycles. The number of imide groups is 2. The number of carbonyl (C=O) groups is 4. The van der Waals surface area contributed by atoms with E-state index in [0.717, 1.165) is 30.2 Å². The summed E-state index contributed by atoms with van der Waals surface area (Å²) in [4.78, 5) is 66.2. The predicted octanol–water partition coefficient (Wildman–Crippen LogP) is 3.48. The van der Waals surface area contributed by atoms with Gasteiger partial charge in [-0.15, -0.1) is 0 Å². The van der Waals surface area contributed by atoms with Gasteiger partial charge >= 0.3 is 0 Å². The van der Waals surface area contributed by atoms with Gasteiger partial charge in [-0.3, -0.25) is 38.6 Å². The smallest absolute Gasteiger partial charge is 0.262 e. The predicted molar refractivity (Wildman–Crippen MR) is 218 cm³/mol. The highest BCUT2D eigenvalue weighted by Crippen LogP contribution is 2.34. The number of fused-ring (bicyclic) bond motifs is 1. The lowest BCUT2D eigenvalue weighted by atomic mass is 10.0. The van der Waals surface area contributed by atoms with Gasteiger partial charge in [0.1, 0.15) is 28.7 Å². The van der Waals surface area contributed by atoms with Crippen molar-refractivity contribution in [3.63, 3.8) is 0 Å². The molecule has 4 amide bonds. The Hall–Kier alpha value is -5.69. The topological polar surface area (TPSA) is 173 Å². The fourth-order valence-electron chi connectivity index (χ4n) is 7.49. The number of aromatic nitrogens is 2. The third-order valence-corrected chi connectivity index (χ3v) is 11.4. The molecule has 4 aromatic rings. The lowest BCUT2D eigenvalue weighted by Crippen LogP contribution is -2.54. The molecule has 302 valence electrons. The van der Waals surface area contributed by atoms with Gasteiger partial charge in [-0.25, -0.2) is 13.6 Å². The summed E-state index contributed by atoms with van der Waals surface area (Å²) in [7, 11) is 1.68. The summed E-state index contributed by atoms with van der Waals surface area (Å²) in [6, 6.07) is 16.3. The van der Waals surface area contributed by atoms with Crippen molar-refractivity contribution in [3.8, 4) is 0 Å². The first-order chi connectivity index (χ1) is 28.1. The molecule has 3 aromatic carbocycles. The number of hydrogen-bond acceptors (Lipinski definition) is 13. The number of ether oxygens (including phenoxy) is 1. The highest BCUT2D eigenvalue weighted by molar-refractivity contribution is 7.67. The molecule has 3 N–H and O–H groups in total. The molecule has 58 heavy (non-hydrogen) atoms. The van der Waals surface area contributed by atoms with Crippen LogP contribution in [0.2, 0.25) is 5.02 Å². The summed E-state index contributed by atoms with van der Waals surface area (Å²) >= 11 is 6.21. The lowest BCUT2D eigenvalue weighted by Gasteiger charge is -2.41. The van der Waals surface area contributed by atoms with Gasteiger partial charge in [-0.2, -0.15) is 4.98 Å². The summed E-state index contributed by atoms with van der Waals surface area (Å²) in [6.45, 7) is 5.34. The van der Waals surface area contributed by atoms with Crippen LogP contribution in [0, 0.1) is 5.82 Å². The highest BCUT2D eigenvalue weighted by atomic mass is 35.5. The van der Waals surface area contributed by atoms with E-state index in [4.69, 9.17) is 16.3 Å². The number of nitrogens with zero attached hydrogens (tertiary/aromatic N) is 7. The summed E-state index contributed by atoms with van der Waals surface area (Å²) in [5.41, 5.74) is 3.60. The van der Waals surface area contributed by atoms with E-state index < -0.39 is 29.7 Å². The molecule has 3 fully saturated rings. The van der Waals surface area contributed by atoms with E-state index in [9.17, 15) is 23.4 Å². The van der Waals surface area contributed by atoms with Crippen LogP contribution in [-0.4, -0.2) is 119 Å². The number of thiol groups is 1. The molecular formula is C39H40ClFN10O6S. The quantitative estimate of drug-likeness (QED) is 0.114. The van der Waals surface area contributed by atoms with Crippen molar-refractivity contribution in [3.05, 3.63) is 88.8 Å². The Morgan fingerprint density at radius 1 is 0.966 bits per heavy atom. The average molecular weight is 831 g/mol. The fraction of sp³-hybridized carbons (Fsp3) is 0.333. The number of anilines is 7. The van der Waals surface area contributed by atoms with Crippen LogP contribution in [0.5, 0.6) is 0 Å². The van der Waals surface area contributed by atoms with Crippen molar-refractivity contribution in [1.29, 1.82) is 0 Å². The van der Waals surface area contributed by atoms with Crippen molar-refractivity contribution in [2.24, 2.45) is 0 Å². The molecular weight excluding hydrogens is 791 g/mol. The third kappa shape index (κ3) is 8.05. The van der Waals surface area contributed by atoms with E-state index in [1.165, 1.54) is 16.6 Å². The van der Waals surface area contributed by atoms with Crippen molar-refractivity contribution in [2.45, 2.75) is 25.0 Å². The molecule has 1 unspecified atom stereocenters. The number of piperazine rings is 1. The Morgan fingerprint density at radius 3 is 2.50 bits per heavy atom. The second kappa shape index (κ2) is 16.7. The summed E-state index contributed by atoms with van der Waals surface area (Å²) in [6.07, 6.45) is 1.64. The van der Waals surface area contributed by atoms with Crippen LogP contribution in [0.15, 0.2) is 66.9 Å². The summed E-state index contributed by atoms with van der Waals surface area (Å²) in [5, 5.41) is 8.71.